The number of hydrogen-bond acceptors (Lipinski definition) is 7. The molecule has 0 aliphatic carbocycles. The lowest BCUT2D eigenvalue weighted by Crippen LogP contribution is -2.29. The Bertz CT molecular complexity index is 1310. The molecule has 0 unspecified atom stereocenters. The van der Waals surface area contributed by atoms with Crippen molar-refractivity contribution in [2.24, 2.45) is 0 Å². The van der Waals surface area contributed by atoms with Crippen molar-refractivity contribution in [1.82, 2.24) is 24.3 Å². The van der Waals surface area contributed by atoms with Gasteiger partial charge in [-0.1, -0.05) is 23.7 Å². The summed E-state index contributed by atoms with van der Waals surface area (Å²) >= 11 is 5.93. The molecule has 0 saturated heterocycles. The minimum Gasteiger partial charge on any atom is -0.494 e. The molecule has 2 aromatic heterocycles. The number of ether oxygens (including phenoxy) is 1. The predicted octanol–water partition coefficient (Wildman–Crippen LogP) is 3.27. The Balaban J connectivity index is 1.46. The van der Waals surface area contributed by atoms with Gasteiger partial charge < -0.3 is 24.8 Å². The van der Waals surface area contributed by atoms with E-state index in [1.165, 1.54) is 12.1 Å². The summed E-state index contributed by atoms with van der Waals surface area (Å²) in [6, 6.07) is 11.5. The molecule has 0 bridgehead atoms. The number of hydrogen-bond donors (Lipinski definition) is 3. The second kappa shape index (κ2) is 9.05. The molecule has 9 nitrogen and oxygen atoms in total. The highest BCUT2D eigenvalue weighted by Crippen LogP contribution is 2.34. The van der Waals surface area contributed by atoms with Gasteiger partial charge in [0.15, 0.2) is 0 Å². The van der Waals surface area contributed by atoms with E-state index in [0.717, 1.165) is 11.3 Å². The van der Waals surface area contributed by atoms with Gasteiger partial charge in [0, 0.05) is 23.9 Å². The van der Waals surface area contributed by atoms with E-state index in [0.29, 0.717) is 28.4 Å². The van der Waals surface area contributed by atoms with Crippen LogP contribution in [-0.4, -0.2) is 53.8 Å². The summed E-state index contributed by atoms with van der Waals surface area (Å²) in [7, 11) is 1.57. The van der Waals surface area contributed by atoms with Crippen LogP contribution in [0.5, 0.6) is 5.75 Å². The van der Waals surface area contributed by atoms with E-state index >= 15 is 0 Å². The molecule has 1 aliphatic heterocycles. The summed E-state index contributed by atoms with van der Waals surface area (Å²) in [5, 5.41) is 28.8. The SMILES string of the molecule is COc1cc(Nc2nc3n(n2)C[C@H](O)[C@H](O)C[C@@H]3c2ccc(F)cc2)ccc1-n1cnc(Cl)c1. The van der Waals surface area contributed by atoms with E-state index in [-0.39, 0.29) is 24.7 Å². The smallest absolute Gasteiger partial charge is 0.246 e. The predicted molar refractivity (Wildman–Crippen MR) is 123 cm³/mol. The second-order valence-corrected chi connectivity index (χ2v) is 8.45. The first-order valence-corrected chi connectivity index (χ1v) is 11.0. The molecular formula is C23H22ClFN6O3. The molecule has 11 heteroatoms. The fourth-order valence-electron chi connectivity index (χ4n) is 4.11. The summed E-state index contributed by atoms with van der Waals surface area (Å²) in [5.41, 5.74) is 2.22. The number of aromatic nitrogens is 5. The zero-order valence-electron chi connectivity index (χ0n) is 18.1. The average molecular weight is 485 g/mol. The number of nitrogens with zero attached hydrogens (tertiary/aromatic N) is 5. The van der Waals surface area contributed by atoms with Crippen molar-refractivity contribution < 1.29 is 19.3 Å². The Kier molecular flexibility index (Phi) is 5.94. The molecule has 0 radical (unpaired) electrons. The summed E-state index contributed by atoms with van der Waals surface area (Å²) in [6.45, 7) is 0.0898. The Hall–Kier alpha value is -3.47. The third-order valence-corrected chi connectivity index (χ3v) is 6.03. The second-order valence-electron chi connectivity index (χ2n) is 8.07. The molecule has 0 amide bonds. The topological polar surface area (TPSA) is 110 Å². The zero-order chi connectivity index (χ0) is 23.8. The fourth-order valence-corrected chi connectivity index (χ4v) is 4.26. The molecule has 3 atom stereocenters. The van der Waals surface area contributed by atoms with E-state index in [2.05, 4.69) is 20.4 Å². The van der Waals surface area contributed by atoms with Gasteiger partial charge in [-0.15, -0.1) is 5.10 Å². The molecule has 34 heavy (non-hydrogen) atoms. The lowest BCUT2D eigenvalue weighted by atomic mass is 9.92. The maximum atomic E-state index is 13.5. The van der Waals surface area contributed by atoms with Gasteiger partial charge in [0.25, 0.3) is 0 Å². The largest absolute Gasteiger partial charge is 0.494 e. The Morgan fingerprint density at radius 1 is 1.15 bits per heavy atom. The number of methoxy groups -OCH3 is 1. The van der Waals surface area contributed by atoms with Crippen LogP contribution in [0.1, 0.15) is 23.7 Å². The summed E-state index contributed by atoms with van der Waals surface area (Å²) in [4.78, 5) is 8.67. The van der Waals surface area contributed by atoms with Crippen LogP contribution in [0.4, 0.5) is 16.0 Å². The van der Waals surface area contributed by atoms with Crippen LogP contribution in [0.3, 0.4) is 0 Å². The molecule has 2 aromatic carbocycles. The Morgan fingerprint density at radius 3 is 2.65 bits per heavy atom. The van der Waals surface area contributed by atoms with E-state index in [9.17, 15) is 14.6 Å². The molecule has 4 aromatic rings. The summed E-state index contributed by atoms with van der Waals surface area (Å²) in [5.74, 6) is 0.769. The normalized spacial score (nSPS) is 20.0. The molecule has 3 N–H and O–H groups in total. The number of anilines is 2. The molecule has 0 fully saturated rings. The van der Waals surface area contributed by atoms with Crippen LogP contribution in [0.15, 0.2) is 55.0 Å². The van der Waals surface area contributed by atoms with Crippen LogP contribution in [0.2, 0.25) is 5.15 Å². The number of aliphatic hydroxyl groups excluding tert-OH is 2. The van der Waals surface area contributed by atoms with Crippen LogP contribution in [-0.2, 0) is 6.54 Å². The number of benzene rings is 2. The number of fused-ring (bicyclic) bond motifs is 1. The van der Waals surface area contributed by atoms with Crippen LogP contribution >= 0.6 is 11.6 Å². The Morgan fingerprint density at radius 2 is 1.94 bits per heavy atom. The third kappa shape index (κ3) is 4.35. The van der Waals surface area contributed by atoms with Gasteiger partial charge in [-0.05, 0) is 36.2 Å². The van der Waals surface area contributed by atoms with Gasteiger partial charge in [-0.25, -0.2) is 14.1 Å². The number of rotatable bonds is 5. The van der Waals surface area contributed by atoms with E-state index in [4.69, 9.17) is 16.3 Å². The van der Waals surface area contributed by atoms with Gasteiger partial charge in [0.2, 0.25) is 5.95 Å². The van der Waals surface area contributed by atoms with Crippen molar-refractivity contribution in [3.05, 3.63) is 77.3 Å². The lowest BCUT2D eigenvalue weighted by Gasteiger charge is -2.18. The molecule has 3 heterocycles. The average Bonchev–Trinajstić information content (AvgIpc) is 3.41. The highest BCUT2D eigenvalue weighted by atomic mass is 35.5. The van der Waals surface area contributed by atoms with Gasteiger partial charge in [0.1, 0.15) is 28.9 Å². The number of imidazole rings is 1. The zero-order valence-corrected chi connectivity index (χ0v) is 18.9. The first-order valence-electron chi connectivity index (χ1n) is 10.6. The van der Waals surface area contributed by atoms with E-state index in [1.54, 1.807) is 47.1 Å². The lowest BCUT2D eigenvalue weighted by molar-refractivity contribution is 0.00721. The van der Waals surface area contributed by atoms with Crippen molar-refractivity contribution in [2.45, 2.75) is 31.1 Å². The molecule has 1 aliphatic rings. The molecule has 176 valence electrons. The number of aliphatic hydroxyl groups is 2. The maximum absolute atomic E-state index is 13.5. The first kappa shape index (κ1) is 22.3. The van der Waals surface area contributed by atoms with Gasteiger partial charge >= 0.3 is 0 Å². The molecule has 0 saturated carbocycles. The molecule has 5 rings (SSSR count). The van der Waals surface area contributed by atoms with Crippen molar-refractivity contribution in [2.75, 3.05) is 12.4 Å². The quantitative estimate of drug-likeness (QED) is 0.399. The van der Waals surface area contributed by atoms with Crippen molar-refractivity contribution in [1.29, 1.82) is 0 Å². The van der Waals surface area contributed by atoms with Crippen molar-refractivity contribution in [3.63, 3.8) is 0 Å². The minimum absolute atomic E-state index is 0.0898. The summed E-state index contributed by atoms with van der Waals surface area (Å²) < 4.78 is 22.3. The van der Waals surface area contributed by atoms with Crippen molar-refractivity contribution >= 4 is 23.2 Å². The highest BCUT2D eigenvalue weighted by molar-refractivity contribution is 6.29. The summed E-state index contributed by atoms with van der Waals surface area (Å²) in [6.07, 6.45) is 1.55. The van der Waals surface area contributed by atoms with E-state index < -0.39 is 12.2 Å². The molecular weight excluding hydrogens is 463 g/mol. The monoisotopic (exact) mass is 484 g/mol. The first-order chi connectivity index (χ1) is 16.4. The third-order valence-electron chi connectivity index (χ3n) is 5.83. The van der Waals surface area contributed by atoms with Crippen LogP contribution < -0.4 is 10.1 Å². The maximum Gasteiger partial charge on any atom is 0.246 e. The van der Waals surface area contributed by atoms with Gasteiger partial charge in [0.05, 0.1) is 31.5 Å². The van der Waals surface area contributed by atoms with Gasteiger partial charge in [-0.3, -0.25) is 0 Å². The van der Waals surface area contributed by atoms with Crippen LogP contribution in [0.25, 0.3) is 5.69 Å². The molecule has 0 spiro atoms. The Labute approximate surface area is 199 Å². The van der Waals surface area contributed by atoms with Gasteiger partial charge in [-0.2, -0.15) is 4.98 Å². The van der Waals surface area contributed by atoms with Crippen molar-refractivity contribution in [3.8, 4) is 11.4 Å². The number of halogens is 2. The fraction of sp³-hybridized carbons (Fsp3) is 0.261. The highest BCUT2D eigenvalue weighted by Gasteiger charge is 2.33. The van der Waals surface area contributed by atoms with E-state index in [1.807, 2.05) is 12.1 Å². The minimum atomic E-state index is -1.000. The standard InChI is InChI=1S/C23H22ClFN6O3/c1-34-20-8-15(6-7-17(20)30-11-21(24)26-12-30)27-23-28-22-16(13-2-4-14(25)5-3-13)9-18(32)19(33)10-31(22)29-23/h2-8,11-12,16,18-19,32-33H,9-10H2,1H3,(H,27,29)/t16-,18-,19+/m1/s1. The van der Waals surface area contributed by atoms with Crippen LogP contribution in [0, 0.1) is 5.82 Å². The number of nitrogens with one attached hydrogen (secondary N) is 1.